The summed E-state index contributed by atoms with van der Waals surface area (Å²) in [6.07, 6.45) is 3.06. The van der Waals surface area contributed by atoms with E-state index in [2.05, 4.69) is 4.98 Å². The van der Waals surface area contributed by atoms with Crippen LogP contribution in [0.4, 0.5) is 0 Å². The van der Waals surface area contributed by atoms with Crippen molar-refractivity contribution >= 4 is 5.97 Å². The van der Waals surface area contributed by atoms with Crippen LogP contribution in [0.1, 0.15) is 15.9 Å². The number of aromatic carboxylic acids is 1. The van der Waals surface area contributed by atoms with E-state index in [1.807, 2.05) is 6.07 Å². The third-order valence-electron chi connectivity index (χ3n) is 2.31. The number of aromatic nitrogens is 1. The Morgan fingerprint density at radius 2 is 2.06 bits per heavy atom. The van der Waals surface area contributed by atoms with Crippen LogP contribution in [0.5, 0.6) is 0 Å². The summed E-state index contributed by atoms with van der Waals surface area (Å²) in [6.45, 7) is 0. The first-order valence-corrected chi connectivity index (χ1v) is 4.89. The third kappa shape index (κ3) is 2.29. The van der Waals surface area contributed by atoms with Gasteiger partial charge in [0.15, 0.2) is 0 Å². The summed E-state index contributed by atoms with van der Waals surface area (Å²) in [6, 6.07) is 10.2. The van der Waals surface area contributed by atoms with Gasteiger partial charge in [0, 0.05) is 18.0 Å². The van der Waals surface area contributed by atoms with Crippen LogP contribution >= 0.6 is 0 Å². The van der Waals surface area contributed by atoms with Crippen molar-refractivity contribution in [2.24, 2.45) is 0 Å². The summed E-state index contributed by atoms with van der Waals surface area (Å²) in [5, 5.41) is 17.7. The maximum atomic E-state index is 10.8. The van der Waals surface area contributed by atoms with Crippen molar-refractivity contribution in [1.82, 2.24) is 4.98 Å². The van der Waals surface area contributed by atoms with Crippen LogP contribution in [0.3, 0.4) is 0 Å². The maximum Gasteiger partial charge on any atom is 0.335 e. The minimum Gasteiger partial charge on any atom is -0.478 e. The molecule has 4 heteroatoms. The number of benzene rings is 1. The molecule has 0 aliphatic heterocycles. The highest BCUT2D eigenvalue weighted by atomic mass is 16.4. The van der Waals surface area contributed by atoms with Gasteiger partial charge in [-0.25, -0.2) is 4.79 Å². The van der Waals surface area contributed by atoms with Gasteiger partial charge in [-0.1, -0.05) is 12.1 Å². The van der Waals surface area contributed by atoms with Crippen LogP contribution in [-0.2, 0) is 0 Å². The molecule has 0 atom stereocenters. The molecule has 0 bridgehead atoms. The topological polar surface area (TPSA) is 74.0 Å². The maximum absolute atomic E-state index is 10.8. The average molecular weight is 224 g/mol. The van der Waals surface area contributed by atoms with Gasteiger partial charge < -0.3 is 5.11 Å². The van der Waals surface area contributed by atoms with Crippen LogP contribution < -0.4 is 0 Å². The van der Waals surface area contributed by atoms with E-state index in [0.717, 1.165) is 11.1 Å². The summed E-state index contributed by atoms with van der Waals surface area (Å²) in [5.74, 6) is -0.976. The quantitative estimate of drug-likeness (QED) is 0.849. The zero-order valence-electron chi connectivity index (χ0n) is 8.79. The number of nitriles is 1. The molecule has 82 valence electrons. The highest BCUT2D eigenvalue weighted by molar-refractivity contribution is 5.89. The first-order valence-electron chi connectivity index (χ1n) is 4.89. The first kappa shape index (κ1) is 10.8. The van der Waals surface area contributed by atoms with E-state index in [1.165, 1.54) is 12.3 Å². The lowest BCUT2D eigenvalue weighted by Gasteiger charge is -2.02. The molecule has 2 aromatic rings. The second kappa shape index (κ2) is 4.45. The monoisotopic (exact) mass is 224 g/mol. The molecule has 1 heterocycles. The molecule has 0 saturated heterocycles. The summed E-state index contributed by atoms with van der Waals surface area (Å²) < 4.78 is 0. The van der Waals surface area contributed by atoms with E-state index in [-0.39, 0.29) is 5.56 Å². The van der Waals surface area contributed by atoms with Crippen LogP contribution in [-0.4, -0.2) is 16.1 Å². The fourth-order valence-corrected chi connectivity index (χ4v) is 1.49. The Morgan fingerprint density at radius 1 is 1.24 bits per heavy atom. The van der Waals surface area contributed by atoms with E-state index >= 15 is 0 Å². The Kier molecular flexibility index (Phi) is 2.84. The first-order chi connectivity index (χ1) is 8.20. The lowest BCUT2D eigenvalue weighted by atomic mass is 10.0. The zero-order chi connectivity index (χ0) is 12.3. The smallest absolute Gasteiger partial charge is 0.335 e. The zero-order valence-corrected chi connectivity index (χ0v) is 8.79. The fraction of sp³-hybridized carbons (Fsp3) is 0. The predicted molar refractivity (Wildman–Crippen MR) is 61.3 cm³/mol. The van der Waals surface area contributed by atoms with Gasteiger partial charge in [-0.05, 0) is 23.8 Å². The minimum atomic E-state index is -0.976. The molecule has 1 aromatic heterocycles. The van der Waals surface area contributed by atoms with Crippen molar-refractivity contribution in [3.63, 3.8) is 0 Å². The second-order valence-electron chi connectivity index (χ2n) is 3.46. The lowest BCUT2D eigenvalue weighted by molar-refractivity contribution is 0.0697. The molecule has 0 spiro atoms. The van der Waals surface area contributed by atoms with E-state index in [9.17, 15) is 4.79 Å². The van der Waals surface area contributed by atoms with Gasteiger partial charge in [-0.15, -0.1) is 0 Å². The van der Waals surface area contributed by atoms with Gasteiger partial charge in [0.2, 0.25) is 0 Å². The van der Waals surface area contributed by atoms with Gasteiger partial charge in [0.25, 0.3) is 0 Å². The highest BCUT2D eigenvalue weighted by Crippen LogP contribution is 2.20. The number of carbonyl (C=O) groups is 1. The molecule has 0 fully saturated rings. The van der Waals surface area contributed by atoms with Crippen molar-refractivity contribution in [2.75, 3.05) is 0 Å². The number of hydrogen-bond donors (Lipinski definition) is 1. The molecule has 0 aliphatic carbocycles. The van der Waals surface area contributed by atoms with Crippen molar-refractivity contribution in [3.8, 4) is 17.2 Å². The van der Waals surface area contributed by atoms with Crippen LogP contribution in [0.15, 0.2) is 42.7 Å². The van der Waals surface area contributed by atoms with E-state index < -0.39 is 5.97 Å². The number of carboxylic acids is 1. The Balaban J connectivity index is 2.49. The predicted octanol–water partition coefficient (Wildman–Crippen LogP) is 2.32. The Hall–Kier alpha value is -2.67. The van der Waals surface area contributed by atoms with Crippen molar-refractivity contribution in [2.45, 2.75) is 0 Å². The molecule has 1 N–H and O–H groups in total. The molecule has 0 saturated carbocycles. The standard InChI is InChI=1S/C13H8N2O2/c14-6-9-4-12(8-15-7-9)10-2-1-3-11(5-10)13(16)17/h1-5,7-8H,(H,16,17). The van der Waals surface area contributed by atoms with Crippen LogP contribution in [0, 0.1) is 11.3 Å². The SMILES string of the molecule is N#Cc1cncc(-c2cccc(C(=O)O)c2)c1. The minimum absolute atomic E-state index is 0.213. The normalized spacial score (nSPS) is 9.59. The number of nitrogens with zero attached hydrogens (tertiary/aromatic N) is 2. The second-order valence-corrected chi connectivity index (χ2v) is 3.46. The Bertz CT molecular complexity index is 615. The van der Waals surface area contributed by atoms with Gasteiger partial charge >= 0.3 is 5.97 Å². The fourth-order valence-electron chi connectivity index (χ4n) is 1.49. The third-order valence-corrected chi connectivity index (χ3v) is 2.31. The van der Waals surface area contributed by atoms with Crippen LogP contribution in [0.25, 0.3) is 11.1 Å². The highest BCUT2D eigenvalue weighted by Gasteiger charge is 2.05. The molecule has 17 heavy (non-hydrogen) atoms. The molecular formula is C13H8N2O2. The van der Waals surface area contributed by atoms with Gasteiger partial charge in [-0.3, -0.25) is 4.98 Å². The van der Waals surface area contributed by atoms with Crippen LogP contribution in [0.2, 0.25) is 0 Å². The summed E-state index contributed by atoms with van der Waals surface area (Å²) >= 11 is 0. The molecule has 2 rings (SSSR count). The average Bonchev–Trinajstić information content (AvgIpc) is 2.39. The molecule has 0 aliphatic rings. The molecule has 0 unspecified atom stereocenters. The van der Waals surface area contributed by atoms with Gasteiger partial charge in [-0.2, -0.15) is 5.26 Å². The molecule has 0 radical (unpaired) electrons. The summed E-state index contributed by atoms with van der Waals surface area (Å²) in [5.41, 5.74) is 2.12. The summed E-state index contributed by atoms with van der Waals surface area (Å²) in [7, 11) is 0. The van der Waals surface area contributed by atoms with Crippen molar-refractivity contribution in [3.05, 3.63) is 53.9 Å². The van der Waals surface area contributed by atoms with E-state index in [1.54, 1.807) is 30.5 Å². The van der Waals surface area contributed by atoms with E-state index in [0.29, 0.717) is 5.56 Å². The molecular weight excluding hydrogens is 216 g/mol. The molecule has 0 amide bonds. The largest absolute Gasteiger partial charge is 0.478 e. The lowest BCUT2D eigenvalue weighted by Crippen LogP contribution is -1.95. The molecule has 1 aromatic carbocycles. The molecule has 4 nitrogen and oxygen atoms in total. The van der Waals surface area contributed by atoms with Gasteiger partial charge in [0.1, 0.15) is 6.07 Å². The number of pyridine rings is 1. The number of hydrogen-bond acceptors (Lipinski definition) is 3. The van der Waals surface area contributed by atoms with Crippen molar-refractivity contribution < 1.29 is 9.90 Å². The number of rotatable bonds is 2. The van der Waals surface area contributed by atoms with Crippen molar-refractivity contribution in [1.29, 1.82) is 5.26 Å². The number of carboxylic acid groups (broad SMARTS) is 1. The Morgan fingerprint density at radius 3 is 2.76 bits per heavy atom. The van der Waals surface area contributed by atoms with Gasteiger partial charge in [0.05, 0.1) is 11.1 Å². The summed E-state index contributed by atoms with van der Waals surface area (Å²) in [4.78, 5) is 14.8. The van der Waals surface area contributed by atoms with E-state index in [4.69, 9.17) is 10.4 Å². The Labute approximate surface area is 97.8 Å².